The van der Waals surface area contributed by atoms with Crippen molar-refractivity contribution >= 4 is 34.6 Å². The third kappa shape index (κ3) is 3.48. The van der Waals surface area contributed by atoms with Crippen LogP contribution in [0.5, 0.6) is 0 Å². The zero-order valence-electron chi connectivity index (χ0n) is 18.4. The molecule has 0 aliphatic carbocycles. The van der Waals surface area contributed by atoms with Gasteiger partial charge < -0.3 is 4.57 Å². The van der Waals surface area contributed by atoms with Crippen LogP contribution in [0.4, 0.5) is 0 Å². The zero-order valence-corrected chi connectivity index (χ0v) is 19.9. The Morgan fingerprint density at radius 3 is 2.47 bits per heavy atom. The highest BCUT2D eigenvalue weighted by Gasteiger charge is 2.29. The van der Waals surface area contributed by atoms with Gasteiger partial charge in [0.2, 0.25) is 0 Å². The average molecular weight is 465 g/mol. The summed E-state index contributed by atoms with van der Waals surface area (Å²) in [5, 5.41) is 1.09. The first-order valence-corrected chi connectivity index (χ1v) is 12.1. The molecule has 0 spiro atoms. The molecule has 0 atom stereocenters. The van der Waals surface area contributed by atoms with Gasteiger partial charge in [0.1, 0.15) is 5.65 Å². The molecule has 2 aromatic carbocycles. The maximum Gasteiger partial charge on any atom is 0.180 e. The highest BCUT2D eigenvalue weighted by molar-refractivity contribution is 6.42. The zero-order chi connectivity index (χ0) is 22.4. The van der Waals surface area contributed by atoms with E-state index in [1.165, 1.54) is 11.1 Å². The highest BCUT2D eigenvalue weighted by atomic mass is 35.5. The number of aryl methyl sites for hydroxylation is 3. The van der Waals surface area contributed by atoms with Gasteiger partial charge >= 0.3 is 0 Å². The first kappa shape index (κ1) is 21.4. The highest BCUT2D eigenvalue weighted by Crippen LogP contribution is 2.40. The molecule has 0 saturated carbocycles. The number of ketones is 1. The number of aromatic nitrogens is 2. The van der Waals surface area contributed by atoms with E-state index in [9.17, 15) is 4.79 Å². The van der Waals surface area contributed by atoms with E-state index >= 15 is 0 Å². The summed E-state index contributed by atoms with van der Waals surface area (Å²) in [6, 6.07) is 14.3. The van der Waals surface area contributed by atoms with Crippen molar-refractivity contribution in [2.24, 2.45) is 0 Å². The lowest BCUT2D eigenvalue weighted by Crippen LogP contribution is -2.04. The largest absolute Gasteiger partial charge is 0.325 e. The van der Waals surface area contributed by atoms with Crippen molar-refractivity contribution < 1.29 is 4.79 Å². The molecule has 3 nitrogen and oxygen atoms in total. The van der Waals surface area contributed by atoms with E-state index in [1.54, 1.807) is 0 Å². The summed E-state index contributed by atoms with van der Waals surface area (Å²) in [4.78, 5) is 13.4. The van der Waals surface area contributed by atoms with Crippen LogP contribution >= 0.6 is 23.2 Å². The van der Waals surface area contributed by atoms with Gasteiger partial charge in [0, 0.05) is 35.9 Å². The van der Waals surface area contributed by atoms with Gasteiger partial charge in [0.15, 0.2) is 5.78 Å². The second-order valence-corrected chi connectivity index (χ2v) is 9.50. The molecule has 3 heterocycles. The third-order valence-electron chi connectivity index (χ3n) is 6.43. The van der Waals surface area contributed by atoms with E-state index in [-0.39, 0.29) is 5.78 Å². The maximum absolute atomic E-state index is 13.4. The van der Waals surface area contributed by atoms with E-state index in [0.717, 1.165) is 66.0 Å². The molecular weight excluding hydrogens is 439 g/mol. The van der Waals surface area contributed by atoms with Crippen molar-refractivity contribution in [3.63, 3.8) is 0 Å². The lowest BCUT2D eigenvalue weighted by atomic mass is 9.95. The van der Waals surface area contributed by atoms with Gasteiger partial charge in [0.25, 0.3) is 0 Å². The van der Waals surface area contributed by atoms with Crippen LogP contribution in [-0.2, 0) is 13.0 Å². The van der Waals surface area contributed by atoms with Crippen LogP contribution in [0.25, 0.3) is 28.0 Å². The molecular formula is C27H26Cl2N2O. The van der Waals surface area contributed by atoms with Crippen molar-refractivity contribution in [3.05, 3.63) is 75.5 Å². The maximum atomic E-state index is 13.4. The van der Waals surface area contributed by atoms with Crippen molar-refractivity contribution in [3.8, 4) is 22.4 Å². The summed E-state index contributed by atoms with van der Waals surface area (Å²) in [5.41, 5.74) is 8.76. The van der Waals surface area contributed by atoms with Gasteiger partial charge in [-0.1, -0.05) is 66.0 Å². The summed E-state index contributed by atoms with van der Waals surface area (Å²) in [7, 11) is 0. The first-order chi connectivity index (χ1) is 15.5. The molecule has 5 rings (SSSR count). The predicted molar refractivity (Wildman–Crippen MR) is 133 cm³/mol. The minimum absolute atomic E-state index is 0.197. The summed E-state index contributed by atoms with van der Waals surface area (Å²) in [6.07, 6.45) is 6.65. The van der Waals surface area contributed by atoms with Gasteiger partial charge in [-0.15, -0.1) is 0 Å². The van der Waals surface area contributed by atoms with Crippen LogP contribution in [0.1, 0.15) is 54.2 Å². The number of Topliss-reactive ketones (excluding diaryl/α,β-unsaturated/α-hetero) is 1. The van der Waals surface area contributed by atoms with Crippen LogP contribution in [0.15, 0.2) is 48.7 Å². The molecule has 0 amide bonds. The molecule has 0 fully saturated rings. The standard InChI is InChI=1S/C27H26Cl2N2O/c1-3-6-24(32)26-25(18-10-8-17(2)9-11-18)20-7-4-5-14-30-23(16-31(26)27(20)30)19-12-13-21(28)22(29)15-19/h8-13,15-16H,3-7,14H2,1-2H3. The lowest BCUT2D eigenvalue weighted by molar-refractivity contribution is 0.0977. The van der Waals surface area contributed by atoms with Gasteiger partial charge in [-0.3, -0.25) is 9.20 Å². The van der Waals surface area contributed by atoms with Gasteiger partial charge in [0.05, 0.1) is 21.4 Å². The minimum Gasteiger partial charge on any atom is -0.325 e. The number of nitrogens with zero attached hydrogens (tertiary/aromatic N) is 2. The Balaban J connectivity index is 1.83. The molecule has 32 heavy (non-hydrogen) atoms. The van der Waals surface area contributed by atoms with Crippen molar-refractivity contribution in [1.82, 2.24) is 8.97 Å². The van der Waals surface area contributed by atoms with Crippen LogP contribution in [0, 0.1) is 6.92 Å². The fourth-order valence-corrected chi connectivity index (χ4v) is 5.22. The quantitative estimate of drug-likeness (QED) is 0.274. The number of benzene rings is 2. The Morgan fingerprint density at radius 2 is 1.75 bits per heavy atom. The number of hydrogen-bond acceptors (Lipinski definition) is 1. The molecule has 1 aliphatic rings. The number of carbonyl (C=O) groups is 1. The normalized spacial score (nSPS) is 13.5. The summed E-state index contributed by atoms with van der Waals surface area (Å²) < 4.78 is 4.51. The van der Waals surface area contributed by atoms with E-state index in [2.05, 4.69) is 53.3 Å². The number of halogens is 2. The van der Waals surface area contributed by atoms with E-state index < -0.39 is 0 Å². The fourth-order valence-electron chi connectivity index (χ4n) is 4.92. The molecule has 0 saturated heterocycles. The Labute approximate surface area is 198 Å². The molecule has 0 bridgehead atoms. The van der Waals surface area contributed by atoms with Crippen molar-refractivity contribution in [2.45, 2.75) is 52.5 Å². The van der Waals surface area contributed by atoms with Crippen LogP contribution in [-0.4, -0.2) is 14.8 Å². The monoisotopic (exact) mass is 464 g/mol. The van der Waals surface area contributed by atoms with Gasteiger partial charge in [-0.2, -0.15) is 0 Å². The SMILES string of the molecule is CCCC(=O)c1c(-c2ccc(C)cc2)c2c3n(c(-c4ccc(Cl)c(Cl)c4)cn13)CCCC2. The Kier molecular flexibility index (Phi) is 5.65. The smallest absolute Gasteiger partial charge is 0.180 e. The van der Waals surface area contributed by atoms with Gasteiger partial charge in [-0.25, -0.2) is 0 Å². The topological polar surface area (TPSA) is 26.4 Å². The van der Waals surface area contributed by atoms with Crippen LogP contribution in [0.3, 0.4) is 0 Å². The molecule has 1 aliphatic heterocycles. The molecule has 5 heteroatoms. The number of carbonyl (C=O) groups excluding carboxylic acids is 1. The second kappa shape index (κ2) is 8.46. The third-order valence-corrected chi connectivity index (χ3v) is 7.17. The molecule has 2 aromatic heterocycles. The molecule has 164 valence electrons. The number of rotatable bonds is 5. The fraction of sp³-hybridized carbons (Fsp3) is 0.296. The minimum atomic E-state index is 0.197. The first-order valence-electron chi connectivity index (χ1n) is 11.3. The molecule has 0 radical (unpaired) electrons. The van der Waals surface area contributed by atoms with Crippen LogP contribution in [0.2, 0.25) is 10.0 Å². The number of imidazole rings is 1. The van der Waals surface area contributed by atoms with Crippen molar-refractivity contribution in [2.75, 3.05) is 0 Å². The van der Waals surface area contributed by atoms with E-state index in [0.29, 0.717) is 16.5 Å². The summed E-state index contributed by atoms with van der Waals surface area (Å²) in [5.74, 6) is 0.197. The Bertz CT molecular complexity index is 1330. The Morgan fingerprint density at radius 1 is 1.00 bits per heavy atom. The van der Waals surface area contributed by atoms with E-state index in [4.69, 9.17) is 23.2 Å². The summed E-state index contributed by atoms with van der Waals surface area (Å²) >= 11 is 12.5. The average Bonchev–Trinajstić information content (AvgIpc) is 3.19. The lowest BCUT2D eigenvalue weighted by Gasteiger charge is -2.10. The van der Waals surface area contributed by atoms with Crippen molar-refractivity contribution in [1.29, 1.82) is 0 Å². The van der Waals surface area contributed by atoms with Gasteiger partial charge in [-0.05, 0) is 50.3 Å². The molecule has 0 unspecified atom stereocenters. The number of hydrogen-bond donors (Lipinski definition) is 0. The van der Waals surface area contributed by atoms with E-state index in [1.807, 2.05) is 18.2 Å². The summed E-state index contributed by atoms with van der Waals surface area (Å²) in [6.45, 7) is 5.07. The molecule has 0 N–H and O–H groups in total. The second-order valence-electron chi connectivity index (χ2n) is 8.69. The molecule has 4 aromatic rings. The Hall–Kier alpha value is -2.49. The predicted octanol–water partition coefficient (Wildman–Crippen LogP) is 8.01. The van der Waals surface area contributed by atoms with Crippen LogP contribution < -0.4 is 0 Å².